The van der Waals surface area contributed by atoms with E-state index >= 15 is 0 Å². The van der Waals surface area contributed by atoms with Crippen LogP contribution >= 0.6 is 7.82 Å². The molecular formula is C42H75O13P. The average molecular weight is 819 g/mol. The van der Waals surface area contributed by atoms with E-state index in [2.05, 4.69) is 50.3 Å². The van der Waals surface area contributed by atoms with Gasteiger partial charge in [0.1, 0.15) is 43.2 Å². The number of phosphoric acid groups is 1. The summed E-state index contributed by atoms with van der Waals surface area (Å²) in [6.45, 7) is 3.21. The number of allylic oxidation sites excluding steroid dienone is 6. The normalized spacial score (nSPS) is 23.2. The van der Waals surface area contributed by atoms with Gasteiger partial charge in [0.05, 0.1) is 6.61 Å². The molecule has 0 bridgehead atoms. The van der Waals surface area contributed by atoms with Crippen LogP contribution < -0.4 is 0 Å². The minimum atomic E-state index is -5.12. The second-order valence-electron chi connectivity index (χ2n) is 14.8. The third-order valence-corrected chi connectivity index (χ3v) is 10.7. The molecule has 0 aliphatic heterocycles. The summed E-state index contributed by atoms with van der Waals surface area (Å²) in [5.74, 6) is -1.13. The molecule has 1 aliphatic rings. The van der Waals surface area contributed by atoms with Gasteiger partial charge < -0.3 is 39.9 Å². The van der Waals surface area contributed by atoms with E-state index in [1.54, 1.807) is 0 Å². The van der Waals surface area contributed by atoms with Gasteiger partial charge in [-0.25, -0.2) is 4.57 Å². The van der Waals surface area contributed by atoms with E-state index in [4.69, 9.17) is 18.5 Å². The molecule has 6 N–H and O–H groups in total. The van der Waals surface area contributed by atoms with Crippen molar-refractivity contribution in [2.75, 3.05) is 13.2 Å². The molecular weight excluding hydrogens is 743 g/mol. The number of esters is 2. The van der Waals surface area contributed by atoms with Crippen molar-refractivity contribution in [1.82, 2.24) is 0 Å². The van der Waals surface area contributed by atoms with Crippen LogP contribution in [0.4, 0.5) is 0 Å². The molecule has 14 heteroatoms. The first-order chi connectivity index (χ1) is 26.9. The van der Waals surface area contributed by atoms with Crippen LogP contribution in [0.15, 0.2) is 36.5 Å². The molecule has 0 amide bonds. The zero-order chi connectivity index (χ0) is 41.4. The Bertz CT molecular complexity index is 1130. The van der Waals surface area contributed by atoms with Crippen LogP contribution in [0.25, 0.3) is 0 Å². The number of aliphatic hydroxyl groups is 5. The predicted octanol–water partition coefficient (Wildman–Crippen LogP) is 7.44. The van der Waals surface area contributed by atoms with Crippen molar-refractivity contribution >= 4 is 19.8 Å². The first kappa shape index (κ1) is 52.1. The van der Waals surface area contributed by atoms with Gasteiger partial charge in [0.15, 0.2) is 6.10 Å². The van der Waals surface area contributed by atoms with E-state index in [1.165, 1.54) is 57.8 Å². The Morgan fingerprint density at radius 3 is 1.50 bits per heavy atom. The van der Waals surface area contributed by atoms with Gasteiger partial charge in [-0.15, -0.1) is 0 Å². The highest BCUT2D eigenvalue weighted by Gasteiger charge is 2.51. The van der Waals surface area contributed by atoms with Crippen molar-refractivity contribution in [3.63, 3.8) is 0 Å². The smallest absolute Gasteiger partial charge is 0.462 e. The molecule has 0 aromatic heterocycles. The highest BCUT2D eigenvalue weighted by atomic mass is 31.2. The third-order valence-electron chi connectivity index (χ3n) is 9.73. The molecule has 0 spiro atoms. The van der Waals surface area contributed by atoms with Gasteiger partial charge in [-0.3, -0.25) is 18.6 Å². The van der Waals surface area contributed by atoms with Gasteiger partial charge in [-0.2, -0.15) is 0 Å². The highest BCUT2D eigenvalue weighted by molar-refractivity contribution is 7.47. The molecule has 0 saturated heterocycles. The van der Waals surface area contributed by atoms with Crippen molar-refractivity contribution in [3.05, 3.63) is 36.5 Å². The second kappa shape index (κ2) is 33.0. The molecule has 0 radical (unpaired) electrons. The average Bonchev–Trinajstić information content (AvgIpc) is 3.18. The van der Waals surface area contributed by atoms with Crippen molar-refractivity contribution in [2.24, 2.45) is 0 Å². The van der Waals surface area contributed by atoms with E-state index in [1.807, 2.05) is 0 Å². The van der Waals surface area contributed by atoms with Crippen LogP contribution in [0.2, 0.25) is 0 Å². The standard InChI is InChI=1S/C42H75O13P/c1-3-5-7-9-11-13-15-16-17-18-19-20-21-23-25-27-29-31-36(44)54-34(32-52-35(43)30-28-26-24-22-14-12-10-8-6-4-2)33-53-56(50,51)55-42-40(48)38(46)37(45)39(47)41(42)49/h11,13,16-17,19-20,34,37-42,45-49H,3-10,12,14-15,18,21-33H2,1-2H3,(H,50,51)/b13-11-,17-16-,20-19-/t34-,37?,38-,39?,40?,41?,42?/m1/s1. The summed E-state index contributed by atoms with van der Waals surface area (Å²) in [7, 11) is -5.12. The van der Waals surface area contributed by atoms with Gasteiger partial charge in [0, 0.05) is 12.8 Å². The van der Waals surface area contributed by atoms with E-state index in [9.17, 15) is 44.6 Å². The second-order valence-corrected chi connectivity index (χ2v) is 16.3. The lowest BCUT2D eigenvalue weighted by molar-refractivity contribution is -0.220. The van der Waals surface area contributed by atoms with Crippen LogP contribution in [0.3, 0.4) is 0 Å². The molecule has 0 aromatic carbocycles. The van der Waals surface area contributed by atoms with Crippen LogP contribution in [-0.4, -0.2) is 98.3 Å². The van der Waals surface area contributed by atoms with Crippen LogP contribution in [0.1, 0.15) is 162 Å². The molecule has 0 heterocycles. The number of carbonyl (C=O) groups excluding carboxylic acids is 2. The lowest BCUT2D eigenvalue weighted by Crippen LogP contribution is -2.64. The van der Waals surface area contributed by atoms with Gasteiger partial charge in [-0.1, -0.05) is 134 Å². The first-order valence-electron chi connectivity index (χ1n) is 21.3. The Balaban J connectivity index is 2.51. The monoisotopic (exact) mass is 818 g/mol. The van der Waals surface area contributed by atoms with Crippen molar-refractivity contribution < 1.29 is 63.1 Å². The Morgan fingerprint density at radius 2 is 0.964 bits per heavy atom. The maximum Gasteiger partial charge on any atom is 0.472 e. The van der Waals surface area contributed by atoms with E-state index in [0.29, 0.717) is 12.8 Å². The molecule has 8 atom stereocenters. The number of aliphatic hydroxyl groups excluding tert-OH is 5. The van der Waals surface area contributed by atoms with Gasteiger partial charge in [0.25, 0.3) is 0 Å². The molecule has 1 saturated carbocycles. The Morgan fingerprint density at radius 1 is 0.554 bits per heavy atom. The van der Waals surface area contributed by atoms with E-state index in [0.717, 1.165) is 64.2 Å². The number of hydrogen-bond acceptors (Lipinski definition) is 12. The molecule has 0 aromatic rings. The molecule has 1 rings (SSSR count). The Kier molecular flexibility index (Phi) is 30.7. The predicted molar refractivity (Wildman–Crippen MR) is 216 cm³/mol. The zero-order valence-electron chi connectivity index (χ0n) is 34.2. The Hall–Kier alpha value is -1.93. The maximum atomic E-state index is 12.8. The quantitative estimate of drug-likeness (QED) is 0.0162. The SMILES string of the molecule is CCCCC/C=C\C/C=C\C/C=C\CCCCCCC(=O)O[C@H](COC(=O)CCCCCCCCCCCC)COP(=O)(O)OC1C(O)C(O)C(O)[C@@H](O)C1O. The molecule has 6 unspecified atom stereocenters. The van der Waals surface area contributed by atoms with Gasteiger partial charge >= 0.3 is 19.8 Å². The number of hydrogen-bond donors (Lipinski definition) is 6. The van der Waals surface area contributed by atoms with Gasteiger partial charge in [0.2, 0.25) is 0 Å². The van der Waals surface area contributed by atoms with Gasteiger partial charge in [-0.05, 0) is 51.4 Å². The van der Waals surface area contributed by atoms with Crippen molar-refractivity contribution in [1.29, 1.82) is 0 Å². The lowest BCUT2D eigenvalue weighted by atomic mass is 9.85. The summed E-state index contributed by atoms with van der Waals surface area (Å²) >= 11 is 0. The number of ether oxygens (including phenoxy) is 2. The number of rotatable bonds is 34. The highest BCUT2D eigenvalue weighted by Crippen LogP contribution is 2.47. The van der Waals surface area contributed by atoms with Crippen LogP contribution in [0, 0.1) is 0 Å². The number of carbonyl (C=O) groups is 2. The summed E-state index contributed by atoms with van der Waals surface area (Å²) in [6.07, 6.45) is 22.1. The summed E-state index contributed by atoms with van der Waals surface area (Å²) in [5, 5.41) is 50.0. The fraction of sp³-hybridized carbons (Fsp3) is 0.810. The molecule has 13 nitrogen and oxygen atoms in total. The van der Waals surface area contributed by atoms with Crippen molar-refractivity contribution in [2.45, 2.75) is 204 Å². The maximum absolute atomic E-state index is 12.8. The van der Waals surface area contributed by atoms with Crippen LogP contribution in [-0.2, 0) is 32.7 Å². The minimum Gasteiger partial charge on any atom is -0.462 e. The largest absolute Gasteiger partial charge is 0.472 e. The van der Waals surface area contributed by atoms with Crippen molar-refractivity contribution in [3.8, 4) is 0 Å². The molecule has 326 valence electrons. The van der Waals surface area contributed by atoms with E-state index < -0.39 is 75.7 Å². The topological polar surface area (TPSA) is 210 Å². The molecule has 1 aliphatic carbocycles. The number of unbranched alkanes of at least 4 members (excludes halogenated alkanes) is 16. The fourth-order valence-electron chi connectivity index (χ4n) is 6.23. The first-order valence-corrected chi connectivity index (χ1v) is 22.8. The molecule has 1 fully saturated rings. The minimum absolute atomic E-state index is 0.0720. The number of phosphoric ester groups is 1. The summed E-state index contributed by atoms with van der Waals surface area (Å²) in [6, 6.07) is 0. The summed E-state index contributed by atoms with van der Waals surface area (Å²) in [5.41, 5.74) is 0. The van der Waals surface area contributed by atoms with E-state index in [-0.39, 0.29) is 12.8 Å². The zero-order valence-corrected chi connectivity index (χ0v) is 35.1. The summed E-state index contributed by atoms with van der Waals surface area (Å²) < 4.78 is 33.4. The lowest BCUT2D eigenvalue weighted by Gasteiger charge is -2.41. The molecule has 56 heavy (non-hydrogen) atoms. The fourth-order valence-corrected chi connectivity index (χ4v) is 7.21. The van der Waals surface area contributed by atoms with Crippen LogP contribution in [0.5, 0.6) is 0 Å². The Labute approximate surface area is 336 Å². The summed E-state index contributed by atoms with van der Waals surface area (Å²) in [4.78, 5) is 35.5. The third kappa shape index (κ3) is 25.4.